The molecular weight excluding hydrogens is 138 g/mol. The van der Waals surface area contributed by atoms with Gasteiger partial charge in [0.25, 0.3) is 0 Å². The molecule has 0 atom stereocenters. The first-order valence-electron chi connectivity index (χ1n) is 3.82. The average molecular weight is 149 g/mol. The molecule has 0 amide bonds. The minimum Gasteiger partial charge on any atom is -0.332 e. The number of aromatic nitrogens is 3. The Bertz CT molecular complexity index is 369. The first-order chi connectivity index (χ1) is 5.31. The summed E-state index contributed by atoms with van der Waals surface area (Å²) in [6.07, 6.45) is 4.02. The van der Waals surface area contributed by atoms with Crippen molar-refractivity contribution in [2.75, 3.05) is 0 Å². The molecule has 0 aliphatic rings. The van der Waals surface area contributed by atoms with E-state index < -0.39 is 0 Å². The molecule has 2 aromatic heterocycles. The molecule has 0 unspecified atom stereocenters. The van der Waals surface area contributed by atoms with Crippen molar-refractivity contribution in [2.24, 2.45) is 0 Å². The van der Waals surface area contributed by atoms with Gasteiger partial charge in [0.15, 0.2) is 0 Å². The van der Waals surface area contributed by atoms with E-state index in [4.69, 9.17) is 0 Å². The SMILES string of the molecule is CCn1ccn2nc(C)cc12. The highest BCUT2D eigenvalue weighted by Crippen LogP contribution is 2.06. The zero-order chi connectivity index (χ0) is 7.84. The molecule has 0 saturated carbocycles. The van der Waals surface area contributed by atoms with E-state index in [1.54, 1.807) is 0 Å². The Labute approximate surface area is 65.3 Å². The van der Waals surface area contributed by atoms with Gasteiger partial charge in [0.2, 0.25) is 0 Å². The maximum Gasteiger partial charge on any atom is 0.135 e. The maximum absolute atomic E-state index is 4.28. The first-order valence-corrected chi connectivity index (χ1v) is 3.82. The fourth-order valence-electron chi connectivity index (χ4n) is 1.31. The van der Waals surface area contributed by atoms with Crippen molar-refractivity contribution in [3.8, 4) is 0 Å². The molecule has 3 heteroatoms. The molecule has 0 spiro atoms. The summed E-state index contributed by atoms with van der Waals surface area (Å²) in [5.74, 6) is 0. The summed E-state index contributed by atoms with van der Waals surface area (Å²) < 4.78 is 4.07. The first kappa shape index (κ1) is 6.46. The molecule has 0 aromatic carbocycles. The van der Waals surface area contributed by atoms with E-state index in [9.17, 15) is 0 Å². The van der Waals surface area contributed by atoms with E-state index >= 15 is 0 Å². The Balaban J connectivity index is 2.73. The van der Waals surface area contributed by atoms with E-state index in [-0.39, 0.29) is 0 Å². The normalized spacial score (nSPS) is 11.1. The van der Waals surface area contributed by atoms with E-state index in [1.165, 1.54) is 5.65 Å². The second-order valence-corrected chi connectivity index (χ2v) is 2.67. The fourth-order valence-corrected chi connectivity index (χ4v) is 1.31. The topological polar surface area (TPSA) is 22.2 Å². The predicted octanol–water partition coefficient (Wildman–Crippen LogP) is 1.46. The second kappa shape index (κ2) is 2.12. The van der Waals surface area contributed by atoms with Crippen molar-refractivity contribution in [3.63, 3.8) is 0 Å². The highest BCUT2D eigenvalue weighted by Gasteiger charge is 2.00. The number of nitrogens with zero attached hydrogens (tertiary/aromatic N) is 3. The molecule has 0 fully saturated rings. The van der Waals surface area contributed by atoms with Crippen LogP contribution in [-0.4, -0.2) is 14.2 Å². The van der Waals surface area contributed by atoms with Crippen molar-refractivity contribution in [1.29, 1.82) is 0 Å². The summed E-state index contributed by atoms with van der Waals surface area (Å²) in [5.41, 5.74) is 2.24. The molecule has 0 bridgehead atoms. The molecule has 58 valence electrons. The Kier molecular flexibility index (Phi) is 1.24. The summed E-state index contributed by atoms with van der Waals surface area (Å²) in [6.45, 7) is 5.14. The largest absolute Gasteiger partial charge is 0.332 e. The number of aryl methyl sites for hydroxylation is 2. The summed E-state index contributed by atoms with van der Waals surface area (Å²) in [5, 5.41) is 4.28. The van der Waals surface area contributed by atoms with E-state index in [0.29, 0.717) is 0 Å². The van der Waals surface area contributed by atoms with Gasteiger partial charge in [-0.3, -0.25) is 0 Å². The lowest BCUT2D eigenvalue weighted by Crippen LogP contribution is -1.90. The Morgan fingerprint density at radius 3 is 3.00 bits per heavy atom. The van der Waals surface area contributed by atoms with E-state index in [1.807, 2.05) is 23.8 Å². The number of hydrogen-bond acceptors (Lipinski definition) is 1. The molecule has 2 aromatic rings. The molecule has 2 rings (SSSR count). The van der Waals surface area contributed by atoms with Crippen molar-refractivity contribution in [3.05, 3.63) is 24.2 Å². The number of hydrogen-bond donors (Lipinski definition) is 0. The summed E-state index contributed by atoms with van der Waals surface area (Å²) in [4.78, 5) is 0. The maximum atomic E-state index is 4.28. The quantitative estimate of drug-likeness (QED) is 0.601. The molecule has 2 heterocycles. The van der Waals surface area contributed by atoms with Crippen molar-refractivity contribution >= 4 is 5.65 Å². The molecule has 0 N–H and O–H groups in total. The van der Waals surface area contributed by atoms with Crippen LogP contribution in [0.25, 0.3) is 5.65 Å². The van der Waals surface area contributed by atoms with Crippen LogP contribution in [0.4, 0.5) is 0 Å². The lowest BCUT2D eigenvalue weighted by atomic mass is 10.5. The monoisotopic (exact) mass is 149 g/mol. The van der Waals surface area contributed by atoms with Crippen LogP contribution in [0.2, 0.25) is 0 Å². The van der Waals surface area contributed by atoms with Crippen LogP contribution in [0.3, 0.4) is 0 Å². The third-order valence-electron chi connectivity index (χ3n) is 1.86. The molecule has 0 radical (unpaired) electrons. The van der Waals surface area contributed by atoms with E-state index in [2.05, 4.69) is 22.7 Å². The van der Waals surface area contributed by atoms with Crippen LogP contribution in [0.15, 0.2) is 18.5 Å². The molecule has 0 saturated heterocycles. The van der Waals surface area contributed by atoms with Crippen LogP contribution in [-0.2, 0) is 6.54 Å². The third kappa shape index (κ3) is 0.843. The van der Waals surface area contributed by atoms with Gasteiger partial charge in [-0.2, -0.15) is 5.10 Å². The minimum atomic E-state index is 1.00. The fraction of sp³-hybridized carbons (Fsp3) is 0.375. The number of rotatable bonds is 1. The molecule has 11 heavy (non-hydrogen) atoms. The third-order valence-corrected chi connectivity index (χ3v) is 1.86. The highest BCUT2D eigenvalue weighted by atomic mass is 15.3. The van der Waals surface area contributed by atoms with Crippen LogP contribution in [0.1, 0.15) is 12.6 Å². The van der Waals surface area contributed by atoms with E-state index in [0.717, 1.165) is 12.2 Å². The molecule has 0 aliphatic carbocycles. The minimum absolute atomic E-state index is 1.00. The van der Waals surface area contributed by atoms with Crippen LogP contribution in [0.5, 0.6) is 0 Å². The van der Waals surface area contributed by atoms with Gasteiger partial charge in [-0.1, -0.05) is 0 Å². The van der Waals surface area contributed by atoms with Gasteiger partial charge in [0.1, 0.15) is 5.65 Å². The van der Waals surface area contributed by atoms with Gasteiger partial charge < -0.3 is 4.57 Å². The van der Waals surface area contributed by atoms with Crippen molar-refractivity contribution in [2.45, 2.75) is 20.4 Å². The Hall–Kier alpha value is -1.25. The number of fused-ring (bicyclic) bond motifs is 1. The summed E-state index contributed by atoms with van der Waals surface area (Å²) in [6, 6.07) is 2.09. The Morgan fingerprint density at radius 1 is 1.45 bits per heavy atom. The summed E-state index contributed by atoms with van der Waals surface area (Å²) >= 11 is 0. The lowest BCUT2D eigenvalue weighted by molar-refractivity contribution is 0.788. The van der Waals surface area contributed by atoms with Crippen molar-refractivity contribution in [1.82, 2.24) is 14.2 Å². The lowest BCUT2D eigenvalue weighted by Gasteiger charge is -1.93. The molecule has 0 aliphatic heterocycles. The Morgan fingerprint density at radius 2 is 2.27 bits per heavy atom. The zero-order valence-electron chi connectivity index (χ0n) is 6.78. The van der Waals surface area contributed by atoms with Crippen LogP contribution >= 0.6 is 0 Å². The van der Waals surface area contributed by atoms with Gasteiger partial charge in [0.05, 0.1) is 5.69 Å². The van der Waals surface area contributed by atoms with Crippen LogP contribution < -0.4 is 0 Å². The van der Waals surface area contributed by atoms with Gasteiger partial charge in [0, 0.05) is 25.0 Å². The predicted molar refractivity (Wildman–Crippen MR) is 43.6 cm³/mol. The van der Waals surface area contributed by atoms with Crippen LogP contribution in [0, 0.1) is 6.92 Å². The molecular formula is C8H11N3. The standard InChI is InChI=1S/C8H11N3/c1-3-10-4-5-11-8(10)6-7(2)9-11/h4-6H,3H2,1-2H3. The van der Waals surface area contributed by atoms with Gasteiger partial charge in [-0.05, 0) is 13.8 Å². The summed E-state index contributed by atoms with van der Waals surface area (Å²) in [7, 11) is 0. The second-order valence-electron chi connectivity index (χ2n) is 2.67. The van der Waals surface area contributed by atoms with Crippen molar-refractivity contribution < 1.29 is 0 Å². The zero-order valence-corrected chi connectivity index (χ0v) is 6.78. The van der Waals surface area contributed by atoms with Gasteiger partial charge >= 0.3 is 0 Å². The van der Waals surface area contributed by atoms with Gasteiger partial charge in [-0.15, -0.1) is 0 Å². The smallest absolute Gasteiger partial charge is 0.135 e. The molecule has 3 nitrogen and oxygen atoms in total. The average Bonchev–Trinajstić information content (AvgIpc) is 2.45. The highest BCUT2D eigenvalue weighted by molar-refractivity contribution is 5.40. The van der Waals surface area contributed by atoms with Gasteiger partial charge in [-0.25, -0.2) is 4.52 Å². The number of imidazole rings is 1.